The van der Waals surface area contributed by atoms with Gasteiger partial charge in [0.05, 0.1) is 6.61 Å². The van der Waals surface area contributed by atoms with Gasteiger partial charge in [-0.05, 0) is 72.1 Å². The van der Waals surface area contributed by atoms with E-state index >= 15 is 0 Å². The average Bonchev–Trinajstić information content (AvgIpc) is 2.46. The van der Waals surface area contributed by atoms with Crippen molar-refractivity contribution < 1.29 is 9.53 Å². The molecule has 1 N–H and O–H groups in total. The third kappa shape index (κ3) is 5.80. The second-order valence-electron chi connectivity index (χ2n) is 5.99. The topological polar surface area (TPSA) is 41.6 Å². The standard InChI is InChI=1S/C16H32N2O2/c1-4-11-17-16(3,15(19)20-5-2)10-9-14-18-12-7-6-8-13-18/h17H,4-14H2,1-3H3. The Hall–Kier alpha value is -0.610. The minimum Gasteiger partial charge on any atom is -0.465 e. The fourth-order valence-electron chi connectivity index (χ4n) is 2.79. The monoisotopic (exact) mass is 284 g/mol. The summed E-state index contributed by atoms with van der Waals surface area (Å²) in [5.74, 6) is -0.105. The summed E-state index contributed by atoms with van der Waals surface area (Å²) in [7, 11) is 0. The molecule has 0 amide bonds. The molecular formula is C16H32N2O2. The molecule has 0 aliphatic carbocycles. The summed E-state index contributed by atoms with van der Waals surface area (Å²) >= 11 is 0. The summed E-state index contributed by atoms with van der Waals surface area (Å²) in [5, 5.41) is 3.38. The number of nitrogens with zero attached hydrogens (tertiary/aromatic N) is 1. The van der Waals surface area contributed by atoms with Crippen molar-refractivity contribution in [2.24, 2.45) is 0 Å². The van der Waals surface area contributed by atoms with Crippen LogP contribution in [0.1, 0.15) is 59.3 Å². The minimum absolute atomic E-state index is 0.105. The number of likely N-dealkylation sites (tertiary alicyclic amines) is 1. The van der Waals surface area contributed by atoms with E-state index in [0.717, 1.165) is 32.4 Å². The van der Waals surface area contributed by atoms with Crippen LogP contribution in [0.15, 0.2) is 0 Å². The molecule has 1 atom stereocenters. The second-order valence-corrected chi connectivity index (χ2v) is 5.99. The molecule has 118 valence electrons. The molecule has 1 rings (SSSR count). The van der Waals surface area contributed by atoms with Gasteiger partial charge in [0.1, 0.15) is 5.54 Å². The van der Waals surface area contributed by atoms with Crippen LogP contribution < -0.4 is 5.32 Å². The summed E-state index contributed by atoms with van der Waals surface area (Å²) in [6.45, 7) is 10.8. The Balaban J connectivity index is 2.40. The van der Waals surface area contributed by atoms with Gasteiger partial charge in [0.25, 0.3) is 0 Å². The van der Waals surface area contributed by atoms with Crippen LogP contribution in [0.2, 0.25) is 0 Å². The zero-order valence-electron chi connectivity index (χ0n) is 13.5. The van der Waals surface area contributed by atoms with Gasteiger partial charge in [0, 0.05) is 0 Å². The molecule has 20 heavy (non-hydrogen) atoms. The zero-order chi connectivity index (χ0) is 14.8. The third-order valence-corrected chi connectivity index (χ3v) is 4.09. The van der Waals surface area contributed by atoms with E-state index in [0.29, 0.717) is 6.61 Å². The first-order valence-corrected chi connectivity index (χ1v) is 8.27. The maximum Gasteiger partial charge on any atom is 0.326 e. The van der Waals surface area contributed by atoms with Gasteiger partial charge in [0.2, 0.25) is 0 Å². The molecule has 0 aromatic carbocycles. The predicted octanol–water partition coefficient (Wildman–Crippen LogP) is 2.57. The summed E-state index contributed by atoms with van der Waals surface area (Å²) in [6, 6.07) is 0. The van der Waals surface area contributed by atoms with Crippen molar-refractivity contribution in [2.45, 2.75) is 64.8 Å². The molecule has 1 unspecified atom stereocenters. The van der Waals surface area contributed by atoms with E-state index in [1.165, 1.54) is 32.4 Å². The van der Waals surface area contributed by atoms with Gasteiger partial charge in [-0.2, -0.15) is 0 Å². The maximum atomic E-state index is 12.2. The van der Waals surface area contributed by atoms with Gasteiger partial charge in [0.15, 0.2) is 0 Å². The lowest BCUT2D eigenvalue weighted by Gasteiger charge is -2.31. The van der Waals surface area contributed by atoms with Crippen molar-refractivity contribution in [3.63, 3.8) is 0 Å². The van der Waals surface area contributed by atoms with Crippen molar-refractivity contribution in [2.75, 3.05) is 32.8 Å². The lowest BCUT2D eigenvalue weighted by molar-refractivity contribution is -0.150. The average molecular weight is 284 g/mol. The van der Waals surface area contributed by atoms with Crippen LogP contribution in [0.25, 0.3) is 0 Å². The van der Waals surface area contributed by atoms with E-state index in [2.05, 4.69) is 17.1 Å². The SMILES string of the molecule is CCCNC(C)(CCCN1CCCCC1)C(=O)OCC. The van der Waals surface area contributed by atoms with E-state index in [1.807, 2.05) is 13.8 Å². The summed E-state index contributed by atoms with van der Waals surface area (Å²) in [6.07, 6.45) is 6.94. The van der Waals surface area contributed by atoms with E-state index in [9.17, 15) is 4.79 Å². The molecule has 0 aromatic heterocycles. The van der Waals surface area contributed by atoms with E-state index < -0.39 is 5.54 Å². The molecular weight excluding hydrogens is 252 g/mol. The highest BCUT2D eigenvalue weighted by molar-refractivity contribution is 5.80. The highest BCUT2D eigenvalue weighted by Crippen LogP contribution is 2.17. The Morgan fingerprint density at radius 3 is 2.55 bits per heavy atom. The van der Waals surface area contributed by atoms with Crippen LogP contribution in [0.3, 0.4) is 0 Å². The van der Waals surface area contributed by atoms with Crippen LogP contribution in [0, 0.1) is 0 Å². The molecule has 0 saturated carbocycles. The van der Waals surface area contributed by atoms with E-state index in [1.54, 1.807) is 0 Å². The lowest BCUT2D eigenvalue weighted by atomic mass is 9.95. The van der Waals surface area contributed by atoms with Crippen molar-refractivity contribution in [1.82, 2.24) is 10.2 Å². The summed E-state index contributed by atoms with van der Waals surface area (Å²) in [4.78, 5) is 14.7. The highest BCUT2D eigenvalue weighted by atomic mass is 16.5. The summed E-state index contributed by atoms with van der Waals surface area (Å²) in [5.41, 5.74) is -0.526. The lowest BCUT2D eigenvalue weighted by Crippen LogP contribution is -2.51. The Bertz CT molecular complexity index is 278. The fraction of sp³-hybridized carbons (Fsp3) is 0.938. The second kappa shape index (κ2) is 9.35. The smallest absolute Gasteiger partial charge is 0.326 e. The van der Waals surface area contributed by atoms with Crippen molar-refractivity contribution >= 4 is 5.97 Å². The number of ether oxygens (including phenoxy) is 1. The molecule has 1 saturated heterocycles. The van der Waals surface area contributed by atoms with Gasteiger partial charge in [-0.15, -0.1) is 0 Å². The number of hydrogen-bond acceptors (Lipinski definition) is 4. The molecule has 4 heteroatoms. The number of carbonyl (C=O) groups excluding carboxylic acids is 1. The Kier molecular flexibility index (Phi) is 8.15. The predicted molar refractivity (Wildman–Crippen MR) is 82.9 cm³/mol. The maximum absolute atomic E-state index is 12.2. The fourth-order valence-corrected chi connectivity index (χ4v) is 2.79. The molecule has 0 spiro atoms. The van der Waals surface area contributed by atoms with Crippen LogP contribution >= 0.6 is 0 Å². The molecule has 0 bridgehead atoms. The van der Waals surface area contributed by atoms with Crippen LogP contribution in [0.4, 0.5) is 0 Å². The van der Waals surface area contributed by atoms with Crippen molar-refractivity contribution in [3.8, 4) is 0 Å². The molecule has 1 aliphatic heterocycles. The number of rotatable bonds is 9. The quantitative estimate of drug-likeness (QED) is 0.661. The molecule has 0 aromatic rings. The van der Waals surface area contributed by atoms with Crippen molar-refractivity contribution in [1.29, 1.82) is 0 Å². The van der Waals surface area contributed by atoms with Gasteiger partial charge in [-0.1, -0.05) is 13.3 Å². The highest BCUT2D eigenvalue weighted by Gasteiger charge is 2.33. The normalized spacial score (nSPS) is 19.6. The first kappa shape index (κ1) is 17.4. The summed E-state index contributed by atoms with van der Waals surface area (Å²) < 4.78 is 5.23. The number of esters is 1. The number of hydrogen-bond donors (Lipinski definition) is 1. The number of nitrogens with one attached hydrogen (secondary N) is 1. The zero-order valence-corrected chi connectivity index (χ0v) is 13.5. The Morgan fingerprint density at radius 1 is 1.25 bits per heavy atom. The molecule has 1 fully saturated rings. The van der Waals surface area contributed by atoms with Gasteiger partial charge >= 0.3 is 5.97 Å². The van der Waals surface area contributed by atoms with Crippen LogP contribution in [0.5, 0.6) is 0 Å². The van der Waals surface area contributed by atoms with Crippen LogP contribution in [-0.4, -0.2) is 49.2 Å². The largest absolute Gasteiger partial charge is 0.465 e. The molecule has 0 radical (unpaired) electrons. The van der Waals surface area contributed by atoms with Crippen LogP contribution in [-0.2, 0) is 9.53 Å². The van der Waals surface area contributed by atoms with E-state index in [-0.39, 0.29) is 5.97 Å². The number of piperidine rings is 1. The van der Waals surface area contributed by atoms with Crippen molar-refractivity contribution in [3.05, 3.63) is 0 Å². The molecule has 1 heterocycles. The third-order valence-electron chi connectivity index (χ3n) is 4.09. The van der Waals surface area contributed by atoms with E-state index in [4.69, 9.17) is 4.74 Å². The molecule has 1 aliphatic rings. The molecule has 4 nitrogen and oxygen atoms in total. The minimum atomic E-state index is -0.526. The first-order valence-electron chi connectivity index (χ1n) is 8.27. The van der Waals surface area contributed by atoms with Gasteiger partial charge in [-0.25, -0.2) is 0 Å². The van der Waals surface area contributed by atoms with Gasteiger partial charge in [-0.3, -0.25) is 4.79 Å². The first-order chi connectivity index (χ1) is 9.62. The Labute approximate surface area is 124 Å². The number of carbonyl (C=O) groups is 1. The Morgan fingerprint density at radius 2 is 1.95 bits per heavy atom. The van der Waals surface area contributed by atoms with Gasteiger partial charge < -0.3 is 15.0 Å².